The van der Waals surface area contributed by atoms with Crippen molar-refractivity contribution < 1.29 is 9.90 Å². The van der Waals surface area contributed by atoms with Crippen LogP contribution in [0, 0.1) is 0 Å². The SMILES string of the molecule is CN(C)CCCn1c(C(N)(Cc2ccc(Br)c(Br)c2)C(=O)O)nc2ccccc21. The van der Waals surface area contributed by atoms with E-state index in [9.17, 15) is 9.90 Å². The zero-order valence-electron chi connectivity index (χ0n) is 16.4. The summed E-state index contributed by atoms with van der Waals surface area (Å²) >= 11 is 6.92. The zero-order valence-corrected chi connectivity index (χ0v) is 19.6. The molecule has 2 aromatic carbocycles. The number of imidazole rings is 1. The van der Waals surface area contributed by atoms with Crippen LogP contribution in [0.1, 0.15) is 17.8 Å². The van der Waals surface area contributed by atoms with Crippen LogP contribution in [0.2, 0.25) is 0 Å². The monoisotopic (exact) mass is 522 g/mol. The van der Waals surface area contributed by atoms with Gasteiger partial charge in [0.15, 0.2) is 5.54 Å². The number of carboxylic acid groups (broad SMARTS) is 1. The van der Waals surface area contributed by atoms with Gasteiger partial charge in [-0.1, -0.05) is 18.2 Å². The second kappa shape index (κ2) is 8.95. The molecule has 1 unspecified atom stereocenters. The Kier molecular flexibility index (Phi) is 6.78. The number of rotatable bonds is 8. The molecular weight excluding hydrogens is 500 g/mol. The van der Waals surface area contributed by atoms with Crippen molar-refractivity contribution in [1.82, 2.24) is 14.5 Å². The Morgan fingerprint density at radius 3 is 2.59 bits per heavy atom. The summed E-state index contributed by atoms with van der Waals surface area (Å²) < 4.78 is 3.71. The first-order valence-electron chi connectivity index (χ1n) is 9.29. The Balaban J connectivity index is 2.07. The van der Waals surface area contributed by atoms with E-state index in [2.05, 4.69) is 41.7 Å². The van der Waals surface area contributed by atoms with E-state index in [-0.39, 0.29) is 6.42 Å². The summed E-state index contributed by atoms with van der Waals surface area (Å²) in [6.07, 6.45) is 0.991. The first kappa shape index (κ1) is 22.0. The van der Waals surface area contributed by atoms with Crippen LogP contribution >= 0.6 is 31.9 Å². The summed E-state index contributed by atoms with van der Waals surface area (Å²) in [6, 6.07) is 13.3. The van der Waals surface area contributed by atoms with Gasteiger partial charge in [0.1, 0.15) is 5.82 Å². The number of aliphatic carboxylic acids is 1. The van der Waals surface area contributed by atoms with Gasteiger partial charge in [0, 0.05) is 21.9 Å². The molecule has 3 rings (SSSR count). The maximum absolute atomic E-state index is 12.4. The number of aryl methyl sites for hydroxylation is 1. The van der Waals surface area contributed by atoms with E-state index >= 15 is 0 Å². The van der Waals surface area contributed by atoms with E-state index in [1.807, 2.05) is 61.1 Å². The van der Waals surface area contributed by atoms with Crippen molar-refractivity contribution in [3.63, 3.8) is 0 Å². The number of halogens is 2. The minimum atomic E-state index is -1.65. The largest absolute Gasteiger partial charge is 0.480 e. The van der Waals surface area contributed by atoms with Crippen LogP contribution in [0.4, 0.5) is 0 Å². The Bertz CT molecular complexity index is 1030. The summed E-state index contributed by atoms with van der Waals surface area (Å²) in [7, 11) is 4.03. The van der Waals surface area contributed by atoms with Crippen molar-refractivity contribution in [2.45, 2.75) is 24.9 Å². The number of aromatic nitrogens is 2. The lowest BCUT2D eigenvalue weighted by Crippen LogP contribution is -2.49. The normalized spacial score (nSPS) is 13.7. The molecule has 0 radical (unpaired) electrons. The zero-order chi connectivity index (χ0) is 21.2. The lowest BCUT2D eigenvalue weighted by molar-refractivity contribution is -0.144. The number of fused-ring (bicyclic) bond motifs is 1. The van der Waals surface area contributed by atoms with Gasteiger partial charge in [0.25, 0.3) is 0 Å². The molecule has 0 bridgehead atoms. The van der Waals surface area contributed by atoms with E-state index < -0.39 is 11.5 Å². The summed E-state index contributed by atoms with van der Waals surface area (Å²) in [4.78, 5) is 19.1. The standard InChI is InChI=1S/C21H24Br2N4O2/c1-26(2)10-5-11-27-18-7-4-3-6-17(18)25-19(27)21(24,20(28)29)13-14-8-9-15(22)16(23)12-14/h3-4,6-9,12H,5,10-11,13,24H2,1-2H3,(H,28,29). The van der Waals surface area contributed by atoms with E-state index in [1.54, 1.807) is 0 Å². The predicted octanol–water partition coefficient (Wildman–Crippen LogP) is 3.99. The van der Waals surface area contributed by atoms with Gasteiger partial charge in [-0.25, -0.2) is 9.78 Å². The Hall–Kier alpha value is -1.74. The number of nitrogens with zero attached hydrogens (tertiary/aromatic N) is 3. The topological polar surface area (TPSA) is 84.4 Å². The molecule has 0 spiro atoms. The lowest BCUT2D eigenvalue weighted by Gasteiger charge is -2.26. The molecule has 8 heteroatoms. The fraction of sp³-hybridized carbons (Fsp3) is 0.333. The second-order valence-corrected chi connectivity index (χ2v) is 9.14. The first-order valence-corrected chi connectivity index (χ1v) is 10.9. The molecule has 3 aromatic rings. The van der Waals surface area contributed by atoms with Crippen LogP contribution in [0.3, 0.4) is 0 Å². The molecule has 29 heavy (non-hydrogen) atoms. The van der Waals surface area contributed by atoms with Crippen LogP contribution in [0.5, 0.6) is 0 Å². The maximum atomic E-state index is 12.4. The highest BCUT2D eigenvalue weighted by Gasteiger charge is 2.41. The lowest BCUT2D eigenvalue weighted by atomic mass is 9.90. The number of benzene rings is 2. The summed E-state index contributed by atoms with van der Waals surface area (Å²) in [5.74, 6) is -0.718. The smallest absolute Gasteiger partial charge is 0.331 e. The molecule has 0 aliphatic heterocycles. The average Bonchev–Trinajstić information content (AvgIpc) is 3.04. The van der Waals surface area contributed by atoms with Crippen LogP contribution in [0.25, 0.3) is 11.0 Å². The van der Waals surface area contributed by atoms with Crippen molar-refractivity contribution in [1.29, 1.82) is 0 Å². The maximum Gasteiger partial charge on any atom is 0.331 e. The van der Waals surface area contributed by atoms with E-state index in [1.165, 1.54) is 0 Å². The molecule has 0 aliphatic rings. The second-order valence-electron chi connectivity index (χ2n) is 7.43. The number of hydrogen-bond donors (Lipinski definition) is 2. The van der Waals surface area contributed by atoms with E-state index in [4.69, 9.17) is 5.73 Å². The molecule has 154 valence electrons. The van der Waals surface area contributed by atoms with Gasteiger partial charge in [0.05, 0.1) is 11.0 Å². The van der Waals surface area contributed by atoms with Gasteiger partial charge < -0.3 is 20.3 Å². The highest BCUT2D eigenvalue weighted by atomic mass is 79.9. The van der Waals surface area contributed by atoms with Crippen molar-refractivity contribution >= 4 is 48.9 Å². The Morgan fingerprint density at radius 2 is 1.93 bits per heavy atom. The molecular formula is C21H24Br2N4O2. The average molecular weight is 524 g/mol. The molecule has 0 amide bonds. The molecule has 0 fully saturated rings. The molecule has 0 saturated heterocycles. The Morgan fingerprint density at radius 1 is 1.21 bits per heavy atom. The van der Waals surface area contributed by atoms with Crippen molar-refractivity contribution in [2.24, 2.45) is 5.73 Å². The number of para-hydroxylation sites is 2. The molecule has 1 heterocycles. The van der Waals surface area contributed by atoms with Gasteiger partial charge in [-0.15, -0.1) is 0 Å². The number of nitrogens with two attached hydrogens (primary N) is 1. The fourth-order valence-corrected chi connectivity index (χ4v) is 4.08. The van der Waals surface area contributed by atoms with Gasteiger partial charge in [0.2, 0.25) is 0 Å². The third kappa shape index (κ3) is 4.71. The minimum Gasteiger partial charge on any atom is -0.480 e. The molecule has 1 aromatic heterocycles. The highest BCUT2D eigenvalue weighted by molar-refractivity contribution is 9.13. The van der Waals surface area contributed by atoms with Gasteiger partial charge in [-0.3, -0.25) is 0 Å². The summed E-state index contributed by atoms with van der Waals surface area (Å²) in [6.45, 7) is 1.53. The van der Waals surface area contributed by atoms with Gasteiger partial charge in [-0.2, -0.15) is 0 Å². The number of carboxylic acids is 1. The molecule has 0 saturated carbocycles. The van der Waals surface area contributed by atoms with Gasteiger partial charge in [-0.05, 0) is 88.7 Å². The Labute approximate surface area is 187 Å². The summed E-state index contributed by atoms with van der Waals surface area (Å²) in [5.41, 5.74) is 7.37. The van der Waals surface area contributed by atoms with Crippen molar-refractivity contribution in [3.05, 3.63) is 62.8 Å². The van der Waals surface area contributed by atoms with Crippen LogP contribution < -0.4 is 5.73 Å². The van der Waals surface area contributed by atoms with E-state index in [0.717, 1.165) is 38.5 Å². The van der Waals surface area contributed by atoms with Gasteiger partial charge >= 0.3 is 5.97 Å². The highest BCUT2D eigenvalue weighted by Crippen LogP contribution is 2.30. The molecule has 0 aliphatic carbocycles. The van der Waals surface area contributed by atoms with E-state index in [0.29, 0.717) is 12.4 Å². The molecule has 6 nitrogen and oxygen atoms in total. The van der Waals surface area contributed by atoms with Crippen molar-refractivity contribution in [3.8, 4) is 0 Å². The van der Waals surface area contributed by atoms with Crippen molar-refractivity contribution in [2.75, 3.05) is 20.6 Å². The quantitative estimate of drug-likeness (QED) is 0.466. The summed E-state index contributed by atoms with van der Waals surface area (Å²) in [5, 5.41) is 10.1. The molecule has 3 N–H and O–H groups in total. The third-order valence-corrected chi connectivity index (χ3v) is 6.77. The predicted molar refractivity (Wildman–Crippen MR) is 122 cm³/mol. The number of hydrogen-bond acceptors (Lipinski definition) is 4. The third-order valence-electron chi connectivity index (χ3n) is 4.89. The first-order chi connectivity index (χ1) is 13.7. The molecule has 1 atom stereocenters. The van der Waals surface area contributed by atoms with Crippen LogP contribution in [-0.4, -0.2) is 46.2 Å². The minimum absolute atomic E-state index is 0.130. The number of carbonyl (C=O) groups is 1. The fourth-order valence-electron chi connectivity index (χ4n) is 3.41. The van der Waals surface area contributed by atoms with Crippen LogP contribution in [0.15, 0.2) is 51.4 Å². The van der Waals surface area contributed by atoms with Crippen LogP contribution in [-0.2, 0) is 23.3 Å².